The number of imidazole rings is 1. The summed E-state index contributed by atoms with van der Waals surface area (Å²) in [5.74, 6) is 0.815. The first-order valence-electron chi connectivity index (χ1n) is 7.93. The van der Waals surface area contributed by atoms with Crippen LogP contribution in [-0.2, 0) is 6.54 Å². The Morgan fingerprint density at radius 1 is 1.29 bits per heavy atom. The highest BCUT2D eigenvalue weighted by Gasteiger charge is 2.22. The molecule has 1 fully saturated rings. The van der Waals surface area contributed by atoms with Crippen molar-refractivity contribution in [3.63, 3.8) is 0 Å². The molecule has 2 aromatic rings. The maximum atomic E-state index is 5.76. The Balaban J connectivity index is 1.82. The van der Waals surface area contributed by atoms with Crippen LogP contribution in [0.3, 0.4) is 0 Å². The van der Waals surface area contributed by atoms with Gasteiger partial charge in [0.2, 0.25) is 5.78 Å². The zero-order chi connectivity index (χ0) is 14.8. The lowest BCUT2D eigenvalue weighted by atomic mass is 9.99. The summed E-state index contributed by atoms with van der Waals surface area (Å²) in [7, 11) is 0. The lowest BCUT2D eigenvalue weighted by Crippen LogP contribution is -2.40. The normalized spacial score (nSPS) is 20.2. The molecule has 21 heavy (non-hydrogen) atoms. The van der Waals surface area contributed by atoms with Gasteiger partial charge < -0.3 is 5.73 Å². The van der Waals surface area contributed by atoms with Crippen molar-refractivity contribution in [1.29, 1.82) is 0 Å². The van der Waals surface area contributed by atoms with Crippen LogP contribution in [0.25, 0.3) is 5.78 Å². The molecule has 3 rings (SSSR count). The van der Waals surface area contributed by atoms with E-state index in [4.69, 9.17) is 10.7 Å². The fourth-order valence-electron chi connectivity index (χ4n) is 3.39. The first-order valence-corrected chi connectivity index (χ1v) is 7.93. The van der Waals surface area contributed by atoms with Crippen molar-refractivity contribution in [1.82, 2.24) is 19.3 Å². The van der Waals surface area contributed by atoms with Crippen molar-refractivity contribution >= 4 is 5.78 Å². The zero-order valence-corrected chi connectivity index (χ0v) is 13.0. The lowest BCUT2D eigenvalue weighted by Gasteiger charge is -2.35. The Morgan fingerprint density at radius 3 is 2.95 bits per heavy atom. The summed E-state index contributed by atoms with van der Waals surface area (Å²) < 4.78 is 2.09. The van der Waals surface area contributed by atoms with Gasteiger partial charge in [-0.05, 0) is 52.3 Å². The monoisotopic (exact) mass is 287 g/mol. The number of hydrogen-bond acceptors (Lipinski definition) is 4. The molecule has 0 amide bonds. The summed E-state index contributed by atoms with van der Waals surface area (Å²) in [5.41, 5.74) is 9.08. The molecule has 0 radical (unpaired) electrons. The number of nitrogens with two attached hydrogens (primary N) is 1. The molecule has 2 aromatic heterocycles. The topological polar surface area (TPSA) is 59.5 Å². The molecule has 1 aliphatic heterocycles. The van der Waals surface area contributed by atoms with Crippen LogP contribution in [-0.4, -0.2) is 38.4 Å². The van der Waals surface area contributed by atoms with Gasteiger partial charge in [-0.2, -0.15) is 0 Å². The Kier molecular flexibility index (Phi) is 4.22. The summed E-state index contributed by atoms with van der Waals surface area (Å²) >= 11 is 0. The van der Waals surface area contributed by atoms with Crippen molar-refractivity contribution in [3.8, 4) is 0 Å². The minimum Gasteiger partial charge on any atom is -0.330 e. The van der Waals surface area contributed by atoms with Gasteiger partial charge in [0.25, 0.3) is 0 Å². The molecule has 114 valence electrons. The number of likely N-dealkylation sites (tertiary alicyclic amines) is 1. The van der Waals surface area contributed by atoms with Gasteiger partial charge in [-0.1, -0.05) is 6.42 Å². The number of aromatic nitrogens is 3. The molecule has 0 aliphatic carbocycles. The predicted octanol–water partition coefficient (Wildman–Crippen LogP) is 2.05. The molecule has 0 bridgehead atoms. The molecule has 1 unspecified atom stereocenters. The maximum Gasteiger partial charge on any atom is 0.234 e. The van der Waals surface area contributed by atoms with E-state index in [1.807, 2.05) is 6.92 Å². The van der Waals surface area contributed by atoms with E-state index in [1.54, 1.807) is 0 Å². The number of aryl methyl sites for hydroxylation is 2. The summed E-state index contributed by atoms with van der Waals surface area (Å²) in [5, 5.41) is 0. The fraction of sp³-hybridized carbons (Fsp3) is 0.625. The van der Waals surface area contributed by atoms with Gasteiger partial charge in [-0.15, -0.1) is 0 Å². The molecule has 5 nitrogen and oxygen atoms in total. The van der Waals surface area contributed by atoms with E-state index in [1.165, 1.54) is 25.0 Å². The number of rotatable bonds is 4. The van der Waals surface area contributed by atoms with Gasteiger partial charge in [-0.3, -0.25) is 9.30 Å². The smallest absolute Gasteiger partial charge is 0.234 e. The molecule has 1 aliphatic rings. The average Bonchev–Trinajstić information content (AvgIpc) is 2.84. The van der Waals surface area contributed by atoms with Gasteiger partial charge in [-0.25, -0.2) is 9.97 Å². The number of hydrogen-bond donors (Lipinski definition) is 1. The van der Waals surface area contributed by atoms with E-state index in [9.17, 15) is 0 Å². The number of nitrogens with zero attached hydrogens (tertiary/aromatic N) is 4. The van der Waals surface area contributed by atoms with Crippen LogP contribution in [0.5, 0.6) is 0 Å². The summed E-state index contributed by atoms with van der Waals surface area (Å²) in [6.07, 6.45) is 7.09. The maximum absolute atomic E-state index is 5.76. The number of fused-ring (bicyclic) bond motifs is 1. The van der Waals surface area contributed by atoms with Crippen LogP contribution in [0.15, 0.2) is 12.3 Å². The van der Waals surface area contributed by atoms with Gasteiger partial charge in [0.15, 0.2) is 0 Å². The lowest BCUT2D eigenvalue weighted by molar-refractivity contribution is 0.132. The second-order valence-corrected chi connectivity index (χ2v) is 6.14. The summed E-state index contributed by atoms with van der Waals surface area (Å²) in [6, 6.07) is 2.71. The third-order valence-corrected chi connectivity index (χ3v) is 4.43. The molecule has 0 saturated carbocycles. The van der Waals surface area contributed by atoms with Crippen molar-refractivity contribution in [2.45, 2.75) is 52.1 Å². The minimum absolute atomic E-state index is 0.615. The molecule has 5 heteroatoms. The molecule has 0 spiro atoms. The highest BCUT2D eigenvalue weighted by atomic mass is 15.2. The number of piperidine rings is 1. The van der Waals surface area contributed by atoms with E-state index < -0.39 is 0 Å². The second-order valence-electron chi connectivity index (χ2n) is 6.14. The highest BCUT2D eigenvalue weighted by Crippen LogP contribution is 2.21. The third kappa shape index (κ3) is 3.09. The Labute approximate surface area is 126 Å². The molecule has 3 heterocycles. The van der Waals surface area contributed by atoms with E-state index in [2.05, 4.69) is 33.5 Å². The van der Waals surface area contributed by atoms with Crippen LogP contribution < -0.4 is 5.73 Å². The molecule has 1 atom stereocenters. The van der Waals surface area contributed by atoms with E-state index in [-0.39, 0.29) is 0 Å². The predicted molar refractivity (Wildman–Crippen MR) is 84.2 cm³/mol. The van der Waals surface area contributed by atoms with Gasteiger partial charge in [0, 0.05) is 30.2 Å². The molecule has 0 aromatic carbocycles. The van der Waals surface area contributed by atoms with Gasteiger partial charge in [0.05, 0.1) is 5.69 Å². The average molecular weight is 287 g/mol. The van der Waals surface area contributed by atoms with Crippen molar-refractivity contribution in [3.05, 3.63) is 29.3 Å². The molecular weight excluding hydrogens is 262 g/mol. The van der Waals surface area contributed by atoms with Gasteiger partial charge >= 0.3 is 0 Å². The fourth-order valence-corrected chi connectivity index (χ4v) is 3.39. The molecular formula is C16H25N5. The SMILES string of the molecule is Cc1cc(C)n2cc(CN3CCCCC3CCN)nc2n1. The van der Waals surface area contributed by atoms with E-state index in [0.717, 1.165) is 43.2 Å². The van der Waals surface area contributed by atoms with E-state index >= 15 is 0 Å². The summed E-state index contributed by atoms with van der Waals surface area (Å²) in [6.45, 7) is 6.96. The largest absolute Gasteiger partial charge is 0.330 e. The van der Waals surface area contributed by atoms with Crippen LogP contribution in [0, 0.1) is 13.8 Å². The first kappa shape index (κ1) is 14.5. The van der Waals surface area contributed by atoms with E-state index in [0.29, 0.717) is 6.04 Å². The van der Waals surface area contributed by atoms with Crippen molar-refractivity contribution < 1.29 is 0 Å². The first-order chi connectivity index (χ1) is 10.2. The zero-order valence-electron chi connectivity index (χ0n) is 13.0. The van der Waals surface area contributed by atoms with Crippen LogP contribution in [0.4, 0.5) is 0 Å². The highest BCUT2D eigenvalue weighted by molar-refractivity contribution is 5.34. The Hall–Kier alpha value is -1.46. The molecule has 1 saturated heterocycles. The Bertz CT molecular complexity index is 616. The van der Waals surface area contributed by atoms with Crippen LogP contribution in [0.1, 0.15) is 42.8 Å². The quantitative estimate of drug-likeness (QED) is 0.935. The standard InChI is InChI=1S/C16H25N5/c1-12-9-13(2)21-11-14(19-16(21)18-12)10-20-8-4-3-5-15(20)6-7-17/h9,11,15H,3-8,10,17H2,1-2H3. The van der Waals surface area contributed by atoms with Crippen molar-refractivity contribution in [2.75, 3.05) is 13.1 Å². The van der Waals surface area contributed by atoms with Crippen LogP contribution >= 0.6 is 0 Å². The summed E-state index contributed by atoms with van der Waals surface area (Å²) in [4.78, 5) is 11.8. The Morgan fingerprint density at radius 2 is 2.14 bits per heavy atom. The molecule has 2 N–H and O–H groups in total. The second kappa shape index (κ2) is 6.12. The minimum atomic E-state index is 0.615. The van der Waals surface area contributed by atoms with Crippen molar-refractivity contribution in [2.24, 2.45) is 5.73 Å². The van der Waals surface area contributed by atoms with Gasteiger partial charge in [0.1, 0.15) is 0 Å². The third-order valence-electron chi connectivity index (χ3n) is 4.43. The van der Waals surface area contributed by atoms with Crippen LogP contribution in [0.2, 0.25) is 0 Å².